The third-order valence-electron chi connectivity index (χ3n) is 3.95. The van der Waals surface area contributed by atoms with Crippen molar-refractivity contribution < 1.29 is 8.76 Å². The van der Waals surface area contributed by atoms with Gasteiger partial charge in [0.1, 0.15) is 0 Å². The first-order chi connectivity index (χ1) is 10.5. The lowest BCUT2D eigenvalue weighted by atomic mass is 9.85. The molecule has 0 aliphatic carbocycles. The van der Waals surface area contributed by atoms with Gasteiger partial charge in [-0.2, -0.15) is 0 Å². The molecular weight excluding hydrogens is 341 g/mol. The molecule has 0 saturated carbocycles. The normalized spacial score (nSPS) is 19.7. The molecule has 116 valence electrons. The molecule has 0 saturated heterocycles. The Bertz CT molecular complexity index is 751. The summed E-state index contributed by atoms with van der Waals surface area (Å²) in [6, 6.07) is 10.7. The van der Waals surface area contributed by atoms with Gasteiger partial charge in [0.2, 0.25) is 0 Å². The van der Waals surface area contributed by atoms with Crippen molar-refractivity contribution in [1.29, 1.82) is 0 Å². The van der Waals surface area contributed by atoms with Crippen molar-refractivity contribution >= 4 is 34.3 Å². The number of benzene rings is 2. The molecule has 0 amide bonds. The largest absolute Gasteiger partial charge is 0.768 e. The van der Waals surface area contributed by atoms with Gasteiger partial charge in [0, 0.05) is 33.9 Å². The second-order valence-corrected chi connectivity index (χ2v) is 7.30. The zero-order valence-electron chi connectivity index (χ0n) is 11.9. The molecule has 0 spiro atoms. The van der Waals surface area contributed by atoms with Crippen LogP contribution in [0.25, 0.3) is 0 Å². The third-order valence-corrected chi connectivity index (χ3v) is 5.14. The highest BCUT2D eigenvalue weighted by molar-refractivity contribution is 7.79. The molecule has 0 N–H and O–H groups in total. The van der Waals surface area contributed by atoms with E-state index in [0.29, 0.717) is 14.9 Å². The van der Waals surface area contributed by atoms with Gasteiger partial charge in [0.25, 0.3) is 0 Å². The SMILES string of the molecule is CN1Cc2c(Cl)cc(Cl)cc2[C@H](c2cccc(S(=O)[O-])c2)C1. The summed E-state index contributed by atoms with van der Waals surface area (Å²) >= 11 is 10.3. The van der Waals surface area contributed by atoms with E-state index in [1.54, 1.807) is 24.3 Å². The van der Waals surface area contributed by atoms with Crippen molar-refractivity contribution in [3.63, 3.8) is 0 Å². The van der Waals surface area contributed by atoms with Crippen LogP contribution in [-0.4, -0.2) is 27.3 Å². The summed E-state index contributed by atoms with van der Waals surface area (Å²) in [6.45, 7) is 1.55. The van der Waals surface area contributed by atoms with Gasteiger partial charge in [-0.1, -0.05) is 35.3 Å². The first-order valence-corrected chi connectivity index (χ1v) is 8.64. The lowest BCUT2D eigenvalue weighted by molar-refractivity contribution is 0.295. The molecule has 3 nitrogen and oxygen atoms in total. The fraction of sp³-hybridized carbons (Fsp3) is 0.250. The van der Waals surface area contributed by atoms with Crippen LogP contribution in [-0.2, 0) is 17.6 Å². The van der Waals surface area contributed by atoms with Crippen molar-refractivity contribution in [2.75, 3.05) is 13.6 Å². The number of hydrogen-bond acceptors (Lipinski definition) is 3. The quantitative estimate of drug-likeness (QED) is 0.770. The summed E-state index contributed by atoms with van der Waals surface area (Å²) in [5.41, 5.74) is 3.08. The number of hydrogen-bond donors (Lipinski definition) is 0. The lowest BCUT2D eigenvalue weighted by Crippen LogP contribution is -2.31. The molecule has 6 heteroatoms. The standard InChI is InChI=1S/C16H15Cl2NO2S/c1-19-8-14(10-3-2-4-12(5-10)22(20)21)13-6-11(17)7-16(18)15(13)9-19/h2-7,14H,8-9H2,1H3,(H,20,21)/p-1/t14-/m0/s1. The van der Waals surface area contributed by atoms with Crippen LogP contribution in [0.5, 0.6) is 0 Å². The van der Waals surface area contributed by atoms with Gasteiger partial charge in [-0.15, -0.1) is 0 Å². The minimum absolute atomic E-state index is 0.0495. The van der Waals surface area contributed by atoms with Crippen LogP contribution in [0, 0.1) is 0 Å². The molecule has 2 aromatic rings. The first kappa shape index (κ1) is 16.0. The van der Waals surface area contributed by atoms with E-state index in [9.17, 15) is 8.76 Å². The van der Waals surface area contributed by atoms with E-state index in [0.717, 1.165) is 29.8 Å². The van der Waals surface area contributed by atoms with Crippen LogP contribution in [0.4, 0.5) is 0 Å². The van der Waals surface area contributed by atoms with E-state index in [4.69, 9.17) is 23.2 Å². The van der Waals surface area contributed by atoms with Crippen LogP contribution >= 0.6 is 23.2 Å². The summed E-state index contributed by atoms with van der Waals surface area (Å²) in [7, 11) is 2.02. The summed E-state index contributed by atoms with van der Waals surface area (Å²) in [4.78, 5) is 2.47. The Hall–Kier alpha value is -0.910. The van der Waals surface area contributed by atoms with Crippen molar-refractivity contribution in [3.05, 3.63) is 63.1 Å². The predicted octanol–water partition coefficient (Wildman–Crippen LogP) is 3.81. The maximum atomic E-state index is 11.2. The summed E-state index contributed by atoms with van der Waals surface area (Å²) < 4.78 is 22.4. The van der Waals surface area contributed by atoms with E-state index in [1.807, 2.05) is 19.2 Å². The Morgan fingerprint density at radius 1 is 1.27 bits per heavy atom. The van der Waals surface area contributed by atoms with Gasteiger partial charge in [0.05, 0.1) is 0 Å². The van der Waals surface area contributed by atoms with Crippen molar-refractivity contribution in [2.45, 2.75) is 17.4 Å². The number of likely N-dealkylation sites (N-methyl/N-ethyl adjacent to an activating group) is 1. The molecule has 2 atom stereocenters. The maximum Gasteiger partial charge on any atom is 0.0468 e. The number of rotatable bonds is 2. The molecule has 3 rings (SSSR count). The number of fused-ring (bicyclic) bond motifs is 1. The van der Waals surface area contributed by atoms with Crippen LogP contribution in [0.1, 0.15) is 22.6 Å². The van der Waals surface area contributed by atoms with E-state index in [-0.39, 0.29) is 5.92 Å². The highest BCUT2D eigenvalue weighted by atomic mass is 35.5. The zero-order valence-corrected chi connectivity index (χ0v) is 14.2. The summed E-state index contributed by atoms with van der Waals surface area (Å²) in [5, 5.41) is 1.25. The van der Waals surface area contributed by atoms with Crippen LogP contribution in [0.15, 0.2) is 41.3 Å². The Labute approximate surface area is 142 Å². The average Bonchev–Trinajstić information content (AvgIpc) is 2.47. The highest BCUT2D eigenvalue weighted by Crippen LogP contribution is 2.38. The predicted molar refractivity (Wildman–Crippen MR) is 88.3 cm³/mol. The Morgan fingerprint density at radius 2 is 2.05 bits per heavy atom. The Morgan fingerprint density at radius 3 is 2.77 bits per heavy atom. The van der Waals surface area contributed by atoms with E-state index >= 15 is 0 Å². The van der Waals surface area contributed by atoms with Crippen molar-refractivity contribution in [2.24, 2.45) is 0 Å². The molecule has 22 heavy (non-hydrogen) atoms. The second kappa shape index (κ2) is 6.30. The Balaban J connectivity index is 2.13. The molecule has 1 aliphatic heterocycles. The van der Waals surface area contributed by atoms with Gasteiger partial charge in [0.15, 0.2) is 0 Å². The monoisotopic (exact) mass is 354 g/mol. The topological polar surface area (TPSA) is 43.4 Å². The van der Waals surface area contributed by atoms with Gasteiger partial charge in [-0.25, -0.2) is 0 Å². The summed E-state index contributed by atoms with van der Waals surface area (Å²) in [5.74, 6) is 0.0495. The molecule has 1 aliphatic rings. The number of halogens is 2. The second-order valence-electron chi connectivity index (χ2n) is 5.51. The van der Waals surface area contributed by atoms with Gasteiger partial charge >= 0.3 is 0 Å². The van der Waals surface area contributed by atoms with Gasteiger partial charge in [-0.05, 0) is 59.1 Å². The fourth-order valence-electron chi connectivity index (χ4n) is 2.97. The minimum Gasteiger partial charge on any atom is -0.768 e. The fourth-order valence-corrected chi connectivity index (χ4v) is 3.96. The molecule has 0 radical (unpaired) electrons. The smallest absolute Gasteiger partial charge is 0.0468 e. The molecule has 1 heterocycles. The van der Waals surface area contributed by atoms with E-state index in [2.05, 4.69) is 4.90 Å². The molecule has 0 fully saturated rings. The van der Waals surface area contributed by atoms with Crippen LogP contribution < -0.4 is 0 Å². The summed E-state index contributed by atoms with van der Waals surface area (Å²) in [6.07, 6.45) is 0. The Kier molecular flexibility index (Phi) is 4.57. The first-order valence-electron chi connectivity index (χ1n) is 6.81. The highest BCUT2D eigenvalue weighted by Gasteiger charge is 2.27. The minimum atomic E-state index is -2.23. The van der Waals surface area contributed by atoms with E-state index < -0.39 is 11.1 Å². The van der Waals surface area contributed by atoms with E-state index in [1.165, 1.54) is 0 Å². The van der Waals surface area contributed by atoms with Crippen molar-refractivity contribution in [3.8, 4) is 0 Å². The van der Waals surface area contributed by atoms with Crippen LogP contribution in [0.2, 0.25) is 10.0 Å². The van der Waals surface area contributed by atoms with Crippen LogP contribution in [0.3, 0.4) is 0 Å². The molecular formula is C16H14Cl2NO2S-. The number of nitrogens with zero attached hydrogens (tertiary/aromatic N) is 1. The van der Waals surface area contributed by atoms with Gasteiger partial charge < -0.3 is 9.45 Å². The van der Waals surface area contributed by atoms with Gasteiger partial charge in [-0.3, -0.25) is 4.21 Å². The average molecular weight is 355 g/mol. The molecule has 2 aromatic carbocycles. The maximum absolute atomic E-state index is 11.2. The lowest BCUT2D eigenvalue weighted by Gasteiger charge is -2.33. The third kappa shape index (κ3) is 3.07. The zero-order chi connectivity index (χ0) is 15.9. The molecule has 1 unspecified atom stereocenters. The molecule has 0 bridgehead atoms. The van der Waals surface area contributed by atoms with Crippen molar-refractivity contribution in [1.82, 2.24) is 4.90 Å². The molecule has 0 aromatic heterocycles.